The summed E-state index contributed by atoms with van der Waals surface area (Å²) in [5, 5.41) is 2.43. The van der Waals surface area contributed by atoms with Gasteiger partial charge in [-0.15, -0.1) is 0 Å². The molecule has 0 bridgehead atoms. The molecule has 0 saturated carbocycles. The topological polar surface area (TPSA) is 81.7 Å². The summed E-state index contributed by atoms with van der Waals surface area (Å²) in [5.41, 5.74) is 0.559. The maximum absolute atomic E-state index is 12.0. The van der Waals surface area contributed by atoms with Crippen molar-refractivity contribution >= 4 is 17.8 Å². The molecule has 0 radical (unpaired) electrons. The van der Waals surface area contributed by atoms with Crippen molar-refractivity contribution in [3.63, 3.8) is 0 Å². The molecule has 108 valence electrons. The molecule has 0 heterocycles. The number of hydrogen-bond donors (Lipinski definition) is 1. The third kappa shape index (κ3) is 3.81. The minimum Gasteiger partial charge on any atom is -0.468 e. The number of amides is 1. The fourth-order valence-corrected chi connectivity index (χ4v) is 1.88. The van der Waals surface area contributed by atoms with Gasteiger partial charge in [0.1, 0.15) is 12.0 Å². The highest BCUT2D eigenvalue weighted by Crippen LogP contribution is 2.22. The smallest absolute Gasteiger partial charge is 0.329 e. The summed E-state index contributed by atoms with van der Waals surface area (Å²) in [6.45, 7) is 1.26. The summed E-state index contributed by atoms with van der Waals surface area (Å²) < 4.78 is 9.37. The third-order valence-electron chi connectivity index (χ3n) is 2.76. The molecule has 1 aromatic carbocycles. The van der Waals surface area contributed by atoms with Crippen LogP contribution < -0.4 is 5.32 Å². The van der Waals surface area contributed by atoms with Crippen LogP contribution in [-0.4, -0.2) is 38.1 Å². The molecule has 6 heteroatoms. The van der Waals surface area contributed by atoms with Gasteiger partial charge in [-0.3, -0.25) is 9.59 Å². The molecule has 0 spiro atoms. The zero-order valence-electron chi connectivity index (χ0n) is 11.6. The SMILES string of the molecule is COC(=O)[C@H](NC(C)=O)[C@@H](C(=O)OC)c1ccccc1. The molecular formula is C14H17NO5. The lowest BCUT2D eigenvalue weighted by molar-refractivity contribution is -0.152. The van der Waals surface area contributed by atoms with Gasteiger partial charge in [0.05, 0.1) is 14.2 Å². The summed E-state index contributed by atoms with van der Waals surface area (Å²) in [7, 11) is 2.41. The molecule has 1 rings (SSSR count). The third-order valence-corrected chi connectivity index (χ3v) is 2.76. The monoisotopic (exact) mass is 279 g/mol. The number of nitrogens with one attached hydrogen (secondary N) is 1. The van der Waals surface area contributed by atoms with Gasteiger partial charge in [-0.2, -0.15) is 0 Å². The maximum Gasteiger partial charge on any atom is 0.329 e. The predicted molar refractivity (Wildman–Crippen MR) is 70.8 cm³/mol. The van der Waals surface area contributed by atoms with E-state index in [-0.39, 0.29) is 0 Å². The van der Waals surface area contributed by atoms with E-state index in [9.17, 15) is 14.4 Å². The normalized spacial score (nSPS) is 12.9. The molecule has 0 aromatic heterocycles. The molecule has 1 aromatic rings. The molecule has 0 aliphatic rings. The van der Waals surface area contributed by atoms with Gasteiger partial charge >= 0.3 is 11.9 Å². The van der Waals surface area contributed by atoms with E-state index in [4.69, 9.17) is 4.74 Å². The van der Waals surface area contributed by atoms with Gasteiger partial charge in [-0.1, -0.05) is 30.3 Å². The Kier molecular flexibility index (Phi) is 5.71. The number of rotatable bonds is 5. The fourth-order valence-electron chi connectivity index (χ4n) is 1.88. The molecule has 0 aliphatic heterocycles. The molecular weight excluding hydrogens is 262 g/mol. The van der Waals surface area contributed by atoms with Crippen molar-refractivity contribution in [2.24, 2.45) is 0 Å². The van der Waals surface area contributed by atoms with Crippen LogP contribution in [0.3, 0.4) is 0 Å². The average molecular weight is 279 g/mol. The van der Waals surface area contributed by atoms with E-state index >= 15 is 0 Å². The van der Waals surface area contributed by atoms with Crippen molar-refractivity contribution < 1.29 is 23.9 Å². The van der Waals surface area contributed by atoms with Crippen LogP contribution >= 0.6 is 0 Å². The Balaban J connectivity index is 3.21. The summed E-state index contributed by atoms with van der Waals surface area (Å²) in [5.74, 6) is -2.73. The first-order valence-electron chi connectivity index (χ1n) is 5.99. The Morgan fingerprint density at radius 1 is 1.00 bits per heavy atom. The highest BCUT2D eigenvalue weighted by Gasteiger charge is 2.37. The van der Waals surface area contributed by atoms with Crippen LogP contribution in [0.5, 0.6) is 0 Å². The number of hydrogen-bond acceptors (Lipinski definition) is 5. The van der Waals surface area contributed by atoms with Crippen LogP contribution in [0.15, 0.2) is 30.3 Å². The predicted octanol–water partition coefficient (Wildman–Crippen LogP) is 0.621. The summed E-state index contributed by atoms with van der Waals surface area (Å²) in [6, 6.07) is 7.47. The zero-order valence-corrected chi connectivity index (χ0v) is 11.6. The fraction of sp³-hybridized carbons (Fsp3) is 0.357. The molecule has 0 unspecified atom stereocenters. The molecule has 20 heavy (non-hydrogen) atoms. The van der Waals surface area contributed by atoms with E-state index < -0.39 is 29.8 Å². The molecule has 2 atom stereocenters. The number of carbonyl (C=O) groups is 3. The first-order chi connectivity index (χ1) is 9.51. The Hall–Kier alpha value is -2.37. The standard InChI is InChI=1S/C14H17NO5/c1-9(16)15-12(14(18)20-3)11(13(17)19-2)10-7-5-4-6-8-10/h4-8,11-12H,1-3H3,(H,15,16)/t11-,12+/m0/s1. The first-order valence-corrected chi connectivity index (χ1v) is 5.99. The highest BCUT2D eigenvalue weighted by atomic mass is 16.5. The van der Waals surface area contributed by atoms with Gasteiger partial charge < -0.3 is 14.8 Å². The van der Waals surface area contributed by atoms with Crippen LogP contribution in [0.25, 0.3) is 0 Å². The van der Waals surface area contributed by atoms with Crippen molar-refractivity contribution in [1.82, 2.24) is 5.32 Å². The zero-order chi connectivity index (χ0) is 15.1. The average Bonchev–Trinajstić information content (AvgIpc) is 2.46. The molecule has 1 N–H and O–H groups in total. The van der Waals surface area contributed by atoms with Crippen LogP contribution in [0.1, 0.15) is 18.4 Å². The first kappa shape index (κ1) is 15.7. The van der Waals surface area contributed by atoms with Crippen molar-refractivity contribution in [2.45, 2.75) is 18.9 Å². The van der Waals surface area contributed by atoms with Crippen LogP contribution in [0.2, 0.25) is 0 Å². The van der Waals surface area contributed by atoms with E-state index in [1.54, 1.807) is 30.3 Å². The Morgan fingerprint density at radius 3 is 2.00 bits per heavy atom. The second-order valence-electron chi connectivity index (χ2n) is 4.11. The summed E-state index contributed by atoms with van der Waals surface area (Å²) >= 11 is 0. The summed E-state index contributed by atoms with van der Waals surface area (Å²) in [6.07, 6.45) is 0. The number of benzene rings is 1. The summed E-state index contributed by atoms with van der Waals surface area (Å²) in [4.78, 5) is 35.1. The minimum atomic E-state index is -1.13. The Morgan fingerprint density at radius 2 is 1.55 bits per heavy atom. The van der Waals surface area contributed by atoms with Gasteiger partial charge in [-0.05, 0) is 5.56 Å². The Bertz CT molecular complexity index is 486. The molecule has 0 saturated heterocycles. The van der Waals surface area contributed by atoms with E-state index in [0.29, 0.717) is 5.56 Å². The van der Waals surface area contributed by atoms with E-state index in [1.165, 1.54) is 21.1 Å². The quantitative estimate of drug-likeness (QED) is 0.799. The second kappa shape index (κ2) is 7.28. The van der Waals surface area contributed by atoms with Gasteiger partial charge in [-0.25, -0.2) is 4.79 Å². The second-order valence-corrected chi connectivity index (χ2v) is 4.11. The van der Waals surface area contributed by atoms with E-state index in [0.717, 1.165) is 0 Å². The van der Waals surface area contributed by atoms with Crippen molar-refractivity contribution in [3.05, 3.63) is 35.9 Å². The van der Waals surface area contributed by atoms with Crippen LogP contribution in [-0.2, 0) is 23.9 Å². The van der Waals surface area contributed by atoms with Crippen molar-refractivity contribution in [1.29, 1.82) is 0 Å². The number of methoxy groups -OCH3 is 2. The van der Waals surface area contributed by atoms with Crippen LogP contribution in [0.4, 0.5) is 0 Å². The van der Waals surface area contributed by atoms with E-state index in [1.807, 2.05) is 0 Å². The molecule has 0 aliphatic carbocycles. The van der Waals surface area contributed by atoms with Gasteiger partial charge in [0.2, 0.25) is 5.91 Å². The molecule has 1 amide bonds. The molecule has 6 nitrogen and oxygen atoms in total. The highest BCUT2D eigenvalue weighted by molar-refractivity contribution is 5.91. The van der Waals surface area contributed by atoms with Gasteiger partial charge in [0.25, 0.3) is 0 Å². The lowest BCUT2D eigenvalue weighted by Gasteiger charge is -2.24. The van der Waals surface area contributed by atoms with Gasteiger partial charge in [0.15, 0.2) is 0 Å². The number of carbonyl (C=O) groups excluding carboxylic acids is 3. The number of ether oxygens (including phenoxy) is 2. The van der Waals surface area contributed by atoms with Crippen LogP contribution in [0, 0.1) is 0 Å². The number of esters is 2. The lowest BCUT2D eigenvalue weighted by atomic mass is 9.91. The largest absolute Gasteiger partial charge is 0.468 e. The van der Waals surface area contributed by atoms with Crippen molar-refractivity contribution in [3.8, 4) is 0 Å². The lowest BCUT2D eigenvalue weighted by Crippen LogP contribution is -2.47. The Labute approximate surface area is 117 Å². The molecule has 0 fully saturated rings. The van der Waals surface area contributed by atoms with Crippen molar-refractivity contribution in [2.75, 3.05) is 14.2 Å². The van der Waals surface area contributed by atoms with Gasteiger partial charge in [0, 0.05) is 6.92 Å². The minimum absolute atomic E-state index is 0.440. The van der Waals surface area contributed by atoms with E-state index in [2.05, 4.69) is 10.1 Å². The maximum atomic E-state index is 12.0.